The number of hydrogen-bond donors (Lipinski definition) is 13. The van der Waals surface area contributed by atoms with E-state index in [1.54, 1.807) is 27.7 Å². The number of likely N-dealkylation sites (tertiary alicyclic amines) is 1. The third-order valence-electron chi connectivity index (χ3n) is 9.79. The molecule has 1 aromatic rings. The zero-order valence-electron chi connectivity index (χ0n) is 35.6. The summed E-state index contributed by atoms with van der Waals surface area (Å²) in [6.45, 7) is 4.18. The Balaban J connectivity index is 2.27. The van der Waals surface area contributed by atoms with E-state index in [0.717, 1.165) is 0 Å². The van der Waals surface area contributed by atoms with Crippen LogP contribution in [0.3, 0.4) is 0 Å². The number of phenols is 1. The smallest absolute Gasteiger partial charge is 0.322 e. The van der Waals surface area contributed by atoms with Crippen molar-refractivity contribution in [1.29, 1.82) is 0 Å². The van der Waals surface area contributed by atoms with Gasteiger partial charge in [0, 0.05) is 13.0 Å². The molecule has 0 spiro atoms. The highest BCUT2D eigenvalue weighted by Gasteiger charge is 2.39. The molecule has 0 aromatic heterocycles. The lowest BCUT2D eigenvalue weighted by atomic mass is 10.0. The van der Waals surface area contributed by atoms with Gasteiger partial charge in [-0.3, -0.25) is 52.7 Å². The molecule has 1 aliphatic heterocycles. The third kappa shape index (κ3) is 17.1. The maximum absolute atomic E-state index is 13.6. The fraction of sp³-hybridized carbons (Fsp3) is 0.564. The largest absolute Gasteiger partial charge is 0.508 e. The molecular formula is C39H57N9O16. The van der Waals surface area contributed by atoms with Crippen molar-refractivity contribution in [2.75, 3.05) is 26.2 Å². The van der Waals surface area contributed by atoms with E-state index in [-0.39, 0.29) is 31.1 Å². The van der Waals surface area contributed by atoms with E-state index in [9.17, 15) is 73.2 Å². The number of rotatable bonds is 25. The highest BCUT2D eigenvalue weighted by Crippen LogP contribution is 2.20. The molecule has 14 N–H and O–H groups in total. The van der Waals surface area contributed by atoms with Crippen LogP contribution in [-0.4, -0.2) is 164 Å². The van der Waals surface area contributed by atoms with E-state index in [1.807, 2.05) is 5.32 Å². The lowest BCUT2D eigenvalue weighted by Crippen LogP contribution is -2.60. The van der Waals surface area contributed by atoms with Gasteiger partial charge in [0.25, 0.3) is 0 Å². The number of carbonyl (C=O) groups is 11. The zero-order chi connectivity index (χ0) is 48.4. The average Bonchev–Trinajstić information content (AvgIpc) is 3.72. The van der Waals surface area contributed by atoms with Crippen molar-refractivity contribution in [2.45, 2.75) is 102 Å². The van der Waals surface area contributed by atoms with Crippen LogP contribution >= 0.6 is 0 Å². The molecule has 25 heteroatoms. The van der Waals surface area contributed by atoms with Crippen molar-refractivity contribution in [3.05, 3.63) is 29.8 Å². The number of aliphatic hydroxyl groups excluding tert-OH is 1. The van der Waals surface area contributed by atoms with Crippen LogP contribution in [-0.2, 0) is 59.2 Å². The number of amides is 8. The number of benzene rings is 1. The number of nitrogens with one attached hydrogen (secondary N) is 7. The van der Waals surface area contributed by atoms with Crippen molar-refractivity contribution in [3.8, 4) is 5.75 Å². The monoisotopic (exact) mass is 907 g/mol. The zero-order valence-corrected chi connectivity index (χ0v) is 35.6. The number of carboxylic acid groups (broad SMARTS) is 3. The molecule has 2 rings (SSSR count). The fourth-order valence-corrected chi connectivity index (χ4v) is 6.23. The molecule has 0 radical (unpaired) electrons. The van der Waals surface area contributed by atoms with Gasteiger partial charge in [-0.2, -0.15) is 0 Å². The number of hydrogen-bond acceptors (Lipinski definition) is 14. The Morgan fingerprint density at radius 1 is 0.656 bits per heavy atom. The van der Waals surface area contributed by atoms with Crippen molar-refractivity contribution in [1.82, 2.24) is 42.1 Å². The van der Waals surface area contributed by atoms with Crippen molar-refractivity contribution in [3.63, 3.8) is 0 Å². The topological polar surface area (TPSA) is 402 Å². The molecule has 1 saturated heterocycles. The van der Waals surface area contributed by atoms with Crippen LogP contribution in [0, 0.1) is 11.8 Å². The second kappa shape index (κ2) is 25.3. The summed E-state index contributed by atoms with van der Waals surface area (Å²) < 4.78 is 0. The van der Waals surface area contributed by atoms with E-state index < -0.39 is 146 Å². The number of aromatic hydroxyl groups is 1. The molecule has 25 nitrogen and oxygen atoms in total. The van der Waals surface area contributed by atoms with Crippen molar-refractivity contribution < 1.29 is 78.3 Å². The van der Waals surface area contributed by atoms with Crippen LogP contribution in [0.15, 0.2) is 24.3 Å². The third-order valence-corrected chi connectivity index (χ3v) is 9.79. The minimum Gasteiger partial charge on any atom is -0.508 e. The van der Waals surface area contributed by atoms with Gasteiger partial charge in [-0.1, -0.05) is 39.8 Å². The van der Waals surface area contributed by atoms with E-state index in [0.29, 0.717) is 12.0 Å². The highest BCUT2D eigenvalue weighted by molar-refractivity contribution is 5.99. The molecule has 0 unspecified atom stereocenters. The van der Waals surface area contributed by atoms with Crippen LogP contribution in [0.1, 0.15) is 58.9 Å². The van der Waals surface area contributed by atoms with Crippen LogP contribution < -0.4 is 43.0 Å². The van der Waals surface area contributed by atoms with Crippen molar-refractivity contribution in [2.24, 2.45) is 17.6 Å². The number of carbonyl (C=O) groups excluding carboxylic acids is 8. The maximum atomic E-state index is 13.6. The first-order valence-electron chi connectivity index (χ1n) is 20.1. The first-order valence-corrected chi connectivity index (χ1v) is 20.1. The first-order chi connectivity index (χ1) is 29.9. The summed E-state index contributed by atoms with van der Waals surface area (Å²) in [7, 11) is 0. The summed E-state index contributed by atoms with van der Waals surface area (Å²) in [6, 6.07) is -5.41. The van der Waals surface area contributed by atoms with Gasteiger partial charge in [0.05, 0.1) is 32.0 Å². The molecule has 7 atom stereocenters. The van der Waals surface area contributed by atoms with Gasteiger partial charge < -0.3 is 73.4 Å². The Morgan fingerprint density at radius 2 is 1.17 bits per heavy atom. The molecule has 64 heavy (non-hydrogen) atoms. The minimum absolute atomic E-state index is 0.156. The molecule has 0 saturated carbocycles. The Hall–Kier alpha value is -6.89. The van der Waals surface area contributed by atoms with E-state index >= 15 is 0 Å². The van der Waals surface area contributed by atoms with Gasteiger partial charge in [-0.25, -0.2) is 0 Å². The van der Waals surface area contributed by atoms with Gasteiger partial charge in [-0.05, 0) is 42.4 Å². The molecule has 1 fully saturated rings. The van der Waals surface area contributed by atoms with Gasteiger partial charge in [0.15, 0.2) is 0 Å². The predicted octanol–water partition coefficient (Wildman–Crippen LogP) is -4.75. The Bertz CT molecular complexity index is 1890. The molecule has 1 aliphatic rings. The normalized spacial score (nSPS) is 16.2. The lowest BCUT2D eigenvalue weighted by Gasteiger charge is -2.29. The van der Waals surface area contributed by atoms with E-state index in [2.05, 4.69) is 31.9 Å². The SMILES string of the molecule is CC(C)[C@H](N)C(=O)N1CCC[C@H]1C(=O)N[C@@H](CO)C(=O)N[C@@H](CC(=O)O)C(=O)N[C@@H](CC(=O)O)C(=O)N[C@@H](Cc1ccc(O)cc1)C(=O)NCC(=O)N[C@H](C(=O)NCC(=O)O)C(C)C. The second-order valence-electron chi connectivity index (χ2n) is 15.6. The fourth-order valence-electron chi connectivity index (χ4n) is 6.23. The summed E-state index contributed by atoms with van der Waals surface area (Å²) in [5.74, 6) is -13.7. The Morgan fingerprint density at radius 3 is 1.66 bits per heavy atom. The van der Waals surface area contributed by atoms with Gasteiger partial charge >= 0.3 is 17.9 Å². The summed E-state index contributed by atoms with van der Waals surface area (Å²) >= 11 is 0. The van der Waals surface area contributed by atoms with Crippen LogP contribution in [0.25, 0.3) is 0 Å². The second-order valence-corrected chi connectivity index (χ2v) is 15.6. The lowest BCUT2D eigenvalue weighted by molar-refractivity contribution is -0.144. The standard InChI is InChI=1S/C39H57N9O16/c1-18(2)31(40)39(64)48-11-5-6-26(48)37(62)46-25(17-49)36(61)45-24(14-29(54)55)35(60)44-23(13-28(52)53)34(59)43-22(12-20-7-9-21(50)10-8-20)33(58)41-15-27(51)47-32(19(3)4)38(63)42-16-30(56)57/h7-10,18-19,22-26,31-32,49-50H,5-6,11-17,40H2,1-4H3,(H,41,58)(H,42,63)(H,43,59)(H,44,60)(H,45,61)(H,46,62)(H,47,51)(H,52,53)(H,54,55)(H,56,57)/t22-,23-,24-,25-,26-,31-,32-/m0/s1. The average molecular weight is 908 g/mol. The Kier molecular flexibility index (Phi) is 21.0. The summed E-state index contributed by atoms with van der Waals surface area (Å²) in [6.07, 6.45) is -2.01. The minimum atomic E-state index is -2.04. The van der Waals surface area contributed by atoms with Gasteiger partial charge in [-0.15, -0.1) is 0 Å². The van der Waals surface area contributed by atoms with Crippen molar-refractivity contribution >= 4 is 65.2 Å². The molecule has 1 heterocycles. The first kappa shape index (κ1) is 53.2. The molecule has 354 valence electrons. The molecular weight excluding hydrogens is 850 g/mol. The van der Waals surface area contributed by atoms with E-state index in [4.69, 9.17) is 10.8 Å². The summed E-state index contributed by atoms with van der Waals surface area (Å²) in [5, 5.41) is 63.2. The summed E-state index contributed by atoms with van der Waals surface area (Å²) in [4.78, 5) is 141. The van der Waals surface area contributed by atoms with Crippen LogP contribution in [0.5, 0.6) is 5.75 Å². The van der Waals surface area contributed by atoms with Gasteiger partial charge in [0.1, 0.15) is 48.5 Å². The number of phenolic OH excluding ortho intramolecular Hbond substituents is 1. The summed E-state index contributed by atoms with van der Waals surface area (Å²) in [5.41, 5.74) is 6.32. The number of aliphatic carboxylic acids is 3. The number of aliphatic hydroxyl groups is 1. The molecule has 0 bridgehead atoms. The molecule has 0 aliphatic carbocycles. The highest BCUT2D eigenvalue weighted by atomic mass is 16.4. The molecule has 8 amide bonds. The molecule has 1 aromatic carbocycles. The predicted molar refractivity (Wildman–Crippen MR) is 219 cm³/mol. The number of nitrogens with zero attached hydrogens (tertiary/aromatic N) is 1. The Labute approximate surface area is 366 Å². The van der Waals surface area contributed by atoms with Crippen LogP contribution in [0.4, 0.5) is 0 Å². The van der Waals surface area contributed by atoms with Gasteiger partial charge in [0.2, 0.25) is 47.3 Å². The van der Waals surface area contributed by atoms with Crippen LogP contribution in [0.2, 0.25) is 0 Å². The maximum Gasteiger partial charge on any atom is 0.322 e. The number of nitrogens with two attached hydrogens (primary N) is 1. The van der Waals surface area contributed by atoms with E-state index in [1.165, 1.54) is 29.2 Å². The quantitative estimate of drug-likeness (QED) is 0.0438. The number of carboxylic acids is 3.